The summed E-state index contributed by atoms with van der Waals surface area (Å²) in [5.74, 6) is 3.15. The highest BCUT2D eigenvalue weighted by Crippen LogP contribution is 2.43. The van der Waals surface area contributed by atoms with Gasteiger partial charge in [0.15, 0.2) is 0 Å². The van der Waals surface area contributed by atoms with Crippen LogP contribution in [0, 0.1) is 22.7 Å². The number of hydrogen-bond donors (Lipinski definition) is 0. The van der Waals surface area contributed by atoms with Gasteiger partial charge in [-0.25, -0.2) is 0 Å². The van der Waals surface area contributed by atoms with Gasteiger partial charge in [-0.1, -0.05) is 89.4 Å². The van der Waals surface area contributed by atoms with E-state index in [2.05, 4.69) is 49.6 Å². The lowest BCUT2D eigenvalue weighted by molar-refractivity contribution is 0.0776. The summed E-state index contributed by atoms with van der Waals surface area (Å²) in [5.41, 5.74) is 0.328. The molecule has 10 heteroatoms. The Morgan fingerprint density at radius 1 is 0.651 bits per heavy atom. The molecule has 0 aromatic carbocycles. The summed E-state index contributed by atoms with van der Waals surface area (Å²) in [5, 5.41) is 0. The van der Waals surface area contributed by atoms with E-state index < -0.39 is 0 Å². The van der Waals surface area contributed by atoms with Crippen LogP contribution in [0.5, 0.6) is 0 Å². The average molecular weight is 699 g/mol. The number of hydrogen-bond acceptors (Lipinski definition) is 8. The first-order chi connectivity index (χ1) is 20.5. The Morgan fingerprint density at radius 3 is 1.47 bits per heavy atom. The van der Waals surface area contributed by atoms with Gasteiger partial charge in [0.2, 0.25) is 0 Å². The molecule has 4 aliphatic heterocycles. The molecule has 0 N–H and O–H groups in total. The molecule has 43 heavy (non-hydrogen) atoms. The summed E-state index contributed by atoms with van der Waals surface area (Å²) in [4.78, 5) is 11.1. The first-order valence-electron chi connectivity index (χ1n) is 16.0. The molecule has 4 aliphatic rings. The summed E-state index contributed by atoms with van der Waals surface area (Å²) >= 11 is 26.9. The molecule has 0 amide bonds. The molecule has 0 aromatic heterocycles. The first kappa shape index (κ1) is 35.9. The van der Waals surface area contributed by atoms with Crippen molar-refractivity contribution < 1.29 is 9.47 Å². The van der Waals surface area contributed by atoms with Gasteiger partial charge in [-0.2, -0.15) is 0 Å². The first-order valence-corrected chi connectivity index (χ1v) is 19.6. The standard InChI is InChI=1S/C33H50N2O2S6/c1-32(2,22-34-28(38)20-26-24(30(34)40)10-18-42-26)12-5-7-14-36-16-9-17-37-15-8-6-13-33(3,4)23-35-29(39)21-27-25(31(35)41)11-19-43-27/h20-21,24-25H,5-19,22-23H2,1-4H3. The number of thiocarbonyl (C=S) groups is 4. The van der Waals surface area contributed by atoms with Gasteiger partial charge in [-0.15, -0.1) is 23.5 Å². The molecular weight excluding hydrogens is 649 g/mol. The molecule has 0 aromatic rings. The molecule has 2 fully saturated rings. The van der Waals surface area contributed by atoms with Crippen LogP contribution in [0.2, 0.25) is 0 Å². The predicted octanol–water partition coefficient (Wildman–Crippen LogP) is 9.02. The largest absolute Gasteiger partial charge is 0.381 e. The van der Waals surface area contributed by atoms with E-state index in [-0.39, 0.29) is 10.8 Å². The quantitative estimate of drug-likeness (QED) is 0.102. The van der Waals surface area contributed by atoms with Gasteiger partial charge in [0.25, 0.3) is 0 Å². The minimum Gasteiger partial charge on any atom is -0.381 e. The monoisotopic (exact) mass is 698 g/mol. The van der Waals surface area contributed by atoms with Gasteiger partial charge >= 0.3 is 0 Å². The fourth-order valence-electron chi connectivity index (χ4n) is 6.25. The van der Waals surface area contributed by atoms with Gasteiger partial charge in [0.1, 0.15) is 9.98 Å². The topological polar surface area (TPSA) is 24.9 Å². The normalized spacial score (nSPS) is 22.7. The van der Waals surface area contributed by atoms with Crippen LogP contribution in [0.15, 0.2) is 22.0 Å². The van der Waals surface area contributed by atoms with Crippen LogP contribution in [0.25, 0.3) is 0 Å². The average Bonchev–Trinajstić information content (AvgIpc) is 3.61. The van der Waals surface area contributed by atoms with Crippen molar-refractivity contribution in [3.8, 4) is 0 Å². The van der Waals surface area contributed by atoms with Crippen molar-refractivity contribution in [2.75, 3.05) is 51.0 Å². The molecule has 0 spiro atoms. The molecule has 4 rings (SSSR count). The Balaban J connectivity index is 0.980. The zero-order chi connectivity index (χ0) is 31.0. The van der Waals surface area contributed by atoms with Crippen molar-refractivity contribution >= 4 is 92.3 Å². The minimum atomic E-state index is 0.164. The van der Waals surface area contributed by atoms with Crippen molar-refractivity contribution in [1.29, 1.82) is 0 Å². The van der Waals surface area contributed by atoms with E-state index in [9.17, 15) is 0 Å². The van der Waals surface area contributed by atoms with Gasteiger partial charge in [-0.3, -0.25) is 0 Å². The van der Waals surface area contributed by atoms with E-state index in [1.54, 1.807) is 0 Å². The van der Waals surface area contributed by atoms with Crippen molar-refractivity contribution in [2.24, 2.45) is 22.7 Å². The Morgan fingerprint density at radius 2 is 1.05 bits per heavy atom. The van der Waals surface area contributed by atoms with E-state index in [0.717, 1.165) is 129 Å². The van der Waals surface area contributed by atoms with Crippen molar-refractivity contribution in [3.05, 3.63) is 22.0 Å². The van der Waals surface area contributed by atoms with Crippen molar-refractivity contribution in [2.45, 2.75) is 85.5 Å². The lowest BCUT2D eigenvalue weighted by Crippen LogP contribution is -2.45. The molecule has 2 atom stereocenters. The fraction of sp³-hybridized carbons (Fsp3) is 0.758. The highest BCUT2D eigenvalue weighted by atomic mass is 32.2. The Bertz CT molecular complexity index is 1020. The summed E-state index contributed by atoms with van der Waals surface area (Å²) < 4.78 is 11.8. The van der Waals surface area contributed by atoms with E-state index in [1.807, 2.05) is 23.5 Å². The summed E-state index contributed by atoms with van der Waals surface area (Å²) in [7, 11) is 0. The smallest absolute Gasteiger partial charge is 0.107 e. The van der Waals surface area contributed by atoms with Crippen LogP contribution in [0.4, 0.5) is 0 Å². The van der Waals surface area contributed by atoms with Crippen LogP contribution in [0.3, 0.4) is 0 Å². The number of nitrogens with zero attached hydrogens (tertiary/aromatic N) is 2. The summed E-state index contributed by atoms with van der Waals surface area (Å²) in [6.07, 6.45) is 14.4. The number of unbranched alkanes of at least 4 members (excludes halogenated alkanes) is 2. The zero-order valence-electron chi connectivity index (χ0n) is 26.5. The second kappa shape index (κ2) is 16.8. The third-order valence-corrected chi connectivity index (χ3v) is 12.8. The van der Waals surface area contributed by atoms with Crippen molar-refractivity contribution in [3.63, 3.8) is 0 Å². The number of fused-ring (bicyclic) bond motifs is 2. The predicted molar refractivity (Wildman–Crippen MR) is 203 cm³/mol. The number of rotatable bonds is 18. The highest BCUT2D eigenvalue weighted by Gasteiger charge is 2.37. The fourth-order valence-corrected chi connectivity index (χ4v) is 10.5. The second-order valence-electron chi connectivity index (χ2n) is 13.8. The van der Waals surface area contributed by atoms with Gasteiger partial charge in [0.05, 0.1) is 9.98 Å². The third kappa shape index (κ3) is 10.5. The van der Waals surface area contributed by atoms with Crippen LogP contribution in [0.1, 0.15) is 85.5 Å². The summed E-state index contributed by atoms with van der Waals surface area (Å²) in [6, 6.07) is 0. The Labute approximate surface area is 290 Å². The van der Waals surface area contributed by atoms with E-state index in [4.69, 9.17) is 58.3 Å². The zero-order valence-corrected chi connectivity index (χ0v) is 31.4. The molecule has 0 bridgehead atoms. The van der Waals surface area contributed by atoms with E-state index in [0.29, 0.717) is 11.8 Å². The van der Waals surface area contributed by atoms with Gasteiger partial charge in [0, 0.05) is 51.4 Å². The number of thioether (sulfide) groups is 2. The lowest BCUT2D eigenvalue weighted by Gasteiger charge is -2.38. The molecule has 4 heterocycles. The molecule has 4 nitrogen and oxygen atoms in total. The minimum absolute atomic E-state index is 0.164. The Kier molecular flexibility index (Phi) is 14.0. The number of ether oxygens (including phenoxy) is 2. The highest BCUT2D eigenvalue weighted by molar-refractivity contribution is 8.03. The van der Waals surface area contributed by atoms with E-state index in [1.165, 1.54) is 9.81 Å². The lowest BCUT2D eigenvalue weighted by atomic mass is 9.85. The van der Waals surface area contributed by atoms with Crippen LogP contribution in [-0.4, -0.2) is 80.8 Å². The van der Waals surface area contributed by atoms with Crippen LogP contribution < -0.4 is 0 Å². The van der Waals surface area contributed by atoms with Crippen molar-refractivity contribution in [1.82, 2.24) is 9.80 Å². The SMILES string of the molecule is CC(C)(CCCCOCCCOCCCCC(C)(C)CN1C(=S)C=C2SCCC2C1=S)CN1C(=S)C=C2SCCC2C1=S. The summed E-state index contributed by atoms with van der Waals surface area (Å²) in [6.45, 7) is 14.3. The molecule has 0 saturated carbocycles. The van der Waals surface area contributed by atoms with Gasteiger partial charge < -0.3 is 19.3 Å². The molecule has 240 valence electrons. The maximum Gasteiger partial charge on any atom is 0.107 e. The van der Waals surface area contributed by atoms with Crippen LogP contribution in [-0.2, 0) is 9.47 Å². The molecule has 0 aliphatic carbocycles. The molecule has 2 saturated heterocycles. The molecule has 2 unspecified atom stereocenters. The van der Waals surface area contributed by atoms with Gasteiger partial charge in [-0.05, 0) is 89.2 Å². The van der Waals surface area contributed by atoms with Crippen LogP contribution >= 0.6 is 72.4 Å². The van der Waals surface area contributed by atoms with E-state index >= 15 is 0 Å². The molecular formula is C33H50N2O2S6. The maximum atomic E-state index is 5.89. The molecule has 0 radical (unpaired) electrons. The second-order valence-corrected chi connectivity index (χ2v) is 17.8. The third-order valence-electron chi connectivity index (χ3n) is 8.76. The Hall–Kier alpha value is 0.0600. The maximum absolute atomic E-state index is 5.89.